The van der Waals surface area contributed by atoms with Crippen LogP contribution in [0.2, 0.25) is 0 Å². The fraction of sp³-hybridized carbons (Fsp3) is 0.750. The van der Waals surface area contributed by atoms with Crippen molar-refractivity contribution in [2.24, 2.45) is 11.8 Å². The van der Waals surface area contributed by atoms with Crippen LogP contribution in [0.5, 0.6) is 0 Å². The van der Waals surface area contributed by atoms with Crippen LogP contribution >= 0.6 is 0 Å². The van der Waals surface area contributed by atoms with Crippen LogP contribution in [-0.2, 0) is 9.59 Å². The largest absolute Gasteiger partial charge is 0.330 e. The molecule has 1 aliphatic rings. The standard InChI is InChI=1S/C12H21N3O3/c1-7(2)9-10(16)13-12(18)15(11(9)17)6-8(3)14(4)5/h7-9H,6H2,1-5H3,(H,13,16,18). The molecule has 0 aliphatic carbocycles. The predicted octanol–water partition coefficient (Wildman–Crippen LogP) is 0.287. The maximum Gasteiger partial charge on any atom is 0.330 e. The van der Waals surface area contributed by atoms with Crippen LogP contribution in [-0.4, -0.2) is 54.3 Å². The molecule has 0 radical (unpaired) electrons. The van der Waals surface area contributed by atoms with Crippen molar-refractivity contribution in [2.45, 2.75) is 26.8 Å². The zero-order chi connectivity index (χ0) is 14.0. The summed E-state index contributed by atoms with van der Waals surface area (Å²) in [6.07, 6.45) is 0. The van der Waals surface area contributed by atoms with Gasteiger partial charge in [0.15, 0.2) is 0 Å². The van der Waals surface area contributed by atoms with Gasteiger partial charge in [0.2, 0.25) is 11.8 Å². The average Bonchev–Trinajstić information content (AvgIpc) is 2.22. The Morgan fingerprint density at radius 3 is 2.22 bits per heavy atom. The molecule has 0 bridgehead atoms. The Labute approximate surface area is 107 Å². The van der Waals surface area contributed by atoms with E-state index in [4.69, 9.17) is 0 Å². The number of nitrogens with one attached hydrogen (secondary N) is 1. The van der Waals surface area contributed by atoms with Crippen LogP contribution in [0.1, 0.15) is 20.8 Å². The van der Waals surface area contributed by atoms with Crippen molar-refractivity contribution in [1.29, 1.82) is 0 Å². The van der Waals surface area contributed by atoms with Gasteiger partial charge in [0, 0.05) is 12.6 Å². The first-order valence-electron chi connectivity index (χ1n) is 6.08. The summed E-state index contributed by atoms with van der Waals surface area (Å²) in [6.45, 7) is 5.80. The average molecular weight is 255 g/mol. The monoisotopic (exact) mass is 255 g/mol. The molecule has 1 fully saturated rings. The highest BCUT2D eigenvalue weighted by atomic mass is 16.2. The van der Waals surface area contributed by atoms with Crippen LogP contribution in [0.3, 0.4) is 0 Å². The number of rotatable bonds is 4. The number of imide groups is 2. The summed E-state index contributed by atoms with van der Waals surface area (Å²) >= 11 is 0. The summed E-state index contributed by atoms with van der Waals surface area (Å²) in [6, 6.07) is -0.573. The quantitative estimate of drug-likeness (QED) is 0.733. The number of carbonyl (C=O) groups excluding carboxylic acids is 3. The topological polar surface area (TPSA) is 69.7 Å². The van der Waals surface area contributed by atoms with Crippen molar-refractivity contribution in [1.82, 2.24) is 15.1 Å². The molecule has 2 unspecified atom stereocenters. The van der Waals surface area contributed by atoms with Crippen molar-refractivity contribution < 1.29 is 14.4 Å². The summed E-state index contributed by atoms with van der Waals surface area (Å²) in [5, 5.41) is 2.24. The molecule has 0 saturated carbocycles. The Bertz CT molecular complexity index is 366. The first-order chi connectivity index (χ1) is 8.25. The maximum absolute atomic E-state index is 12.2. The molecule has 1 N–H and O–H groups in total. The minimum Gasteiger partial charge on any atom is -0.305 e. The number of nitrogens with zero attached hydrogens (tertiary/aromatic N) is 2. The second kappa shape index (κ2) is 5.48. The van der Waals surface area contributed by atoms with Gasteiger partial charge in [0.1, 0.15) is 5.92 Å². The van der Waals surface area contributed by atoms with Crippen LogP contribution in [0.15, 0.2) is 0 Å². The number of hydrogen-bond acceptors (Lipinski definition) is 4. The zero-order valence-electron chi connectivity index (χ0n) is 11.6. The van der Waals surface area contributed by atoms with E-state index in [1.807, 2.05) is 25.9 Å². The van der Waals surface area contributed by atoms with E-state index < -0.39 is 23.8 Å². The van der Waals surface area contributed by atoms with E-state index in [9.17, 15) is 14.4 Å². The molecule has 1 aliphatic heterocycles. The lowest BCUT2D eigenvalue weighted by molar-refractivity contribution is -0.144. The third kappa shape index (κ3) is 2.87. The molecule has 1 heterocycles. The summed E-state index contributed by atoms with van der Waals surface area (Å²) < 4.78 is 0. The van der Waals surface area contributed by atoms with Crippen molar-refractivity contribution >= 4 is 17.8 Å². The van der Waals surface area contributed by atoms with Crippen LogP contribution in [0.4, 0.5) is 4.79 Å². The van der Waals surface area contributed by atoms with E-state index in [2.05, 4.69) is 5.32 Å². The molecular weight excluding hydrogens is 234 g/mol. The van der Waals surface area contributed by atoms with Gasteiger partial charge < -0.3 is 4.90 Å². The Hall–Kier alpha value is -1.43. The summed E-state index contributed by atoms with van der Waals surface area (Å²) in [7, 11) is 3.75. The Kier molecular flexibility index (Phi) is 4.45. The molecule has 6 heteroatoms. The molecule has 2 atom stereocenters. The number of amides is 4. The molecule has 0 spiro atoms. The highest BCUT2D eigenvalue weighted by Crippen LogP contribution is 2.19. The minimum atomic E-state index is -0.767. The summed E-state index contributed by atoms with van der Waals surface area (Å²) in [4.78, 5) is 38.6. The Morgan fingerprint density at radius 2 is 1.78 bits per heavy atom. The second-order valence-corrected chi connectivity index (χ2v) is 5.28. The maximum atomic E-state index is 12.2. The number of hydrogen-bond donors (Lipinski definition) is 1. The number of carbonyl (C=O) groups is 3. The fourth-order valence-corrected chi connectivity index (χ4v) is 1.82. The zero-order valence-corrected chi connectivity index (χ0v) is 11.6. The number of barbiturate groups is 1. The van der Waals surface area contributed by atoms with Crippen molar-refractivity contribution in [3.05, 3.63) is 0 Å². The summed E-state index contributed by atoms with van der Waals surface area (Å²) in [5.41, 5.74) is 0. The van der Waals surface area contributed by atoms with Crippen LogP contribution in [0, 0.1) is 11.8 Å². The van der Waals surface area contributed by atoms with Gasteiger partial charge >= 0.3 is 6.03 Å². The Balaban J connectivity index is 2.87. The smallest absolute Gasteiger partial charge is 0.305 e. The van der Waals surface area contributed by atoms with Gasteiger partial charge in [-0.3, -0.25) is 19.8 Å². The van der Waals surface area contributed by atoms with Gasteiger partial charge in [-0.15, -0.1) is 0 Å². The molecule has 0 aromatic carbocycles. The molecule has 1 saturated heterocycles. The van der Waals surface area contributed by atoms with E-state index in [1.165, 1.54) is 0 Å². The van der Waals surface area contributed by atoms with E-state index in [0.29, 0.717) is 0 Å². The molecule has 102 valence electrons. The molecule has 0 aromatic heterocycles. The minimum absolute atomic E-state index is 0.0423. The van der Waals surface area contributed by atoms with Crippen LogP contribution in [0.25, 0.3) is 0 Å². The molecular formula is C12H21N3O3. The molecule has 1 rings (SSSR count). The Morgan fingerprint density at radius 1 is 1.22 bits per heavy atom. The lowest BCUT2D eigenvalue weighted by atomic mass is 9.92. The molecule has 4 amide bonds. The highest BCUT2D eigenvalue weighted by molar-refractivity contribution is 6.16. The molecule has 6 nitrogen and oxygen atoms in total. The number of urea groups is 1. The first-order valence-corrected chi connectivity index (χ1v) is 6.08. The van der Waals surface area contributed by atoms with E-state index in [0.717, 1.165) is 4.90 Å². The van der Waals surface area contributed by atoms with E-state index in [1.54, 1.807) is 13.8 Å². The van der Waals surface area contributed by atoms with E-state index >= 15 is 0 Å². The van der Waals surface area contributed by atoms with Gasteiger partial charge in [-0.25, -0.2) is 4.79 Å². The van der Waals surface area contributed by atoms with Gasteiger partial charge in [-0.1, -0.05) is 13.8 Å². The first kappa shape index (κ1) is 14.6. The van der Waals surface area contributed by atoms with Crippen LogP contribution < -0.4 is 5.32 Å². The van der Waals surface area contributed by atoms with Gasteiger partial charge in [0.05, 0.1) is 0 Å². The summed E-state index contributed by atoms with van der Waals surface area (Å²) in [5.74, 6) is -1.78. The fourth-order valence-electron chi connectivity index (χ4n) is 1.82. The third-order valence-corrected chi connectivity index (χ3v) is 3.28. The third-order valence-electron chi connectivity index (χ3n) is 3.28. The highest BCUT2D eigenvalue weighted by Gasteiger charge is 2.42. The van der Waals surface area contributed by atoms with Gasteiger partial charge in [-0.05, 0) is 26.9 Å². The van der Waals surface area contributed by atoms with Crippen molar-refractivity contribution in [2.75, 3.05) is 20.6 Å². The number of likely N-dealkylation sites (N-methyl/N-ethyl adjacent to an activating group) is 1. The molecule has 0 aromatic rings. The normalized spacial score (nSPS) is 22.7. The van der Waals surface area contributed by atoms with Gasteiger partial charge in [0.25, 0.3) is 0 Å². The second-order valence-electron chi connectivity index (χ2n) is 5.28. The van der Waals surface area contributed by atoms with Crippen molar-refractivity contribution in [3.63, 3.8) is 0 Å². The predicted molar refractivity (Wildman–Crippen MR) is 66.7 cm³/mol. The van der Waals surface area contributed by atoms with E-state index in [-0.39, 0.29) is 18.5 Å². The lowest BCUT2D eigenvalue weighted by Crippen LogP contribution is -2.61. The lowest BCUT2D eigenvalue weighted by Gasteiger charge is -2.34. The SMILES string of the molecule is CC(C)C1C(=O)NC(=O)N(CC(C)N(C)C)C1=O. The van der Waals surface area contributed by atoms with Crippen molar-refractivity contribution in [3.8, 4) is 0 Å². The van der Waals surface area contributed by atoms with Gasteiger partial charge in [-0.2, -0.15) is 0 Å². The molecule has 18 heavy (non-hydrogen) atoms.